The highest BCUT2D eigenvalue weighted by atomic mass is 16.7. The highest BCUT2D eigenvalue weighted by molar-refractivity contribution is 5.83. The number of fused-ring (bicyclic) bond motifs is 2. The SMILES string of the molecule is O=C(CCOC(=O)CCC(=O)ONc1nc2c(c(=O)[nH]1)CC=N2)CCC(=O)ONc1nc2c(c(=O)[nH]1)CC=N2. The molecule has 0 spiro atoms. The van der Waals surface area contributed by atoms with Gasteiger partial charge in [-0.15, -0.1) is 0 Å². The van der Waals surface area contributed by atoms with E-state index in [2.05, 4.69) is 40.9 Å². The lowest BCUT2D eigenvalue weighted by atomic mass is 10.2. The van der Waals surface area contributed by atoms with Crippen molar-refractivity contribution in [2.75, 3.05) is 17.6 Å². The first kappa shape index (κ1) is 26.8. The molecule has 0 fully saturated rings. The van der Waals surface area contributed by atoms with Gasteiger partial charge in [0.2, 0.25) is 11.9 Å². The van der Waals surface area contributed by atoms with Crippen molar-refractivity contribution in [1.29, 1.82) is 0 Å². The third-order valence-corrected chi connectivity index (χ3v) is 5.31. The Bertz CT molecular complexity index is 1370. The quantitative estimate of drug-likeness (QED) is 0.147. The number of aliphatic imine (C=N–C) groups is 2. The number of carbonyl (C=O) groups excluding carboxylic acids is 4. The highest BCUT2D eigenvalue weighted by Gasteiger charge is 2.17. The fourth-order valence-corrected chi connectivity index (χ4v) is 3.33. The minimum atomic E-state index is -0.811. The molecule has 0 unspecified atom stereocenters. The average molecular weight is 542 g/mol. The minimum Gasteiger partial charge on any atom is -0.465 e. The summed E-state index contributed by atoms with van der Waals surface area (Å²) in [5, 5.41) is 0. The molecule has 2 aromatic rings. The van der Waals surface area contributed by atoms with E-state index in [-0.39, 0.29) is 68.0 Å². The highest BCUT2D eigenvalue weighted by Crippen LogP contribution is 2.19. The number of Topliss-reactive ketones (excluding diaryl/α,β-unsaturated/α-hetero) is 1. The second kappa shape index (κ2) is 12.3. The fourth-order valence-electron chi connectivity index (χ4n) is 3.33. The summed E-state index contributed by atoms with van der Waals surface area (Å²) in [6, 6.07) is 0. The Morgan fingerprint density at radius 1 is 0.718 bits per heavy atom. The van der Waals surface area contributed by atoms with Crippen LogP contribution in [0.1, 0.15) is 43.2 Å². The number of nitrogens with zero attached hydrogens (tertiary/aromatic N) is 4. The third-order valence-electron chi connectivity index (χ3n) is 5.31. The van der Waals surface area contributed by atoms with Crippen molar-refractivity contribution in [3.05, 3.63) is 31.8 Å². The number of carbonyl (C=O) groups is 4. The molecule has 17 heteroatoms. The minimum absolute atomic E-state index is 0.103. The number of rotatable bonds is 13. The van der Waals surface area contributed by atoms with E-state index in [1.165, 1.54) is 12.4 Å². The standard InChI is InChI=1S/C22H22N8O9/c31-11(1-2-15(33)38-29-21-25-17-12(5-8-23-17)19(35)27-21)7-10-37-14(32)3-4-16(34)39-30-22-26-18-13(6-9-24-18)20(36)28-22/h8-9H,1-7,10H2,(H2,25,27,29,35)(H2,26,28,30,36). The Hall–Kier alpha value is -5.22. The lowest BCUT2D eigenvalue weighted by Gasteiger charge is -2.07. The molecule has 0 amide bonds. The summed E-state index contributed by atoms with van der Waals surface area (Å²) in [5.41, 5.74) is 4.40. The van der Waals surface area contributed by atoms with Crippen LogP contribution in [0.2, 0.25) is 0 Å². The van der Waals surface area contributed by atoms with E-state index < -0.39 is 29.0 Å². The lowest BCUT2D eigenvalue weighted by Crippen LogP contribution is -2.19. The van der Waals surface area contributed by atoms with Crippen LogP contribution in [-0.4, -0.2) is 62.7 Å². The largest absolute Gasteiger partial charge is 0.465 e. The van der Waals surface area contributed by atoms with Crippen LogP contribution in [0.5, 0.6) is 0 Å². The Morgan fingerprint density at radius 2 is 1.21 bits per heavy atom. The van der Waals surface area contributed by atoms with Crippen LogP contribution in [-0.2, 0) is 46.4 Å². The monoisotopic (exact) mass is 542 g/mol. The normalized spacial score (nSPS) is 12.4. The van der Waals surface area contributed by atoms with E-state index >= 15 is 0 Å². The van der Waals surface area contributed by atoms with Crippen molar-refractivity contribution in [3.8, 4) is 0 Å². The number of aromatic amines is 2. The maximum atomic E-state index is 11.9. The van der Waals surface area contributed by atoms with Gasteiger partial charge >= 0.3 is 17.9 Å². The molecule has 39 heavy (non-hydrogen) atoms. The van der Waals surface area contributed by atoms with Gasteiger partial charge in [-0.05, 0) is 0 Å². The molecule has 4 N–H and O–H groups in total. The van der Waals surface area contributed by atoms with Crippen LogP contribution >= 0.6 is 0 Å². The van der Waals surface area contributed by atoms with Crippen LogP contribution in [0.4, 0.5) is 23.5 Å². The number of nitrogens with one attached hydrogen (secondary N) is 4. The summed E-state index contributed by atoms with van der Waals surface area (Å²) in [6.45, 7) is -0.236. The van der Waals surface area contributed by atoms with E-state index in [0.717, 1.165) is 0 Å². The Kier molecular flexibility index (Phi) is 8.50. The predicted molar refractivity (Wildman–Crippen MR) is 132 cm³/mol. The molecule has 2 aliphatic rings. The smallest absolute Gasteiger partial charge is 0.332 e. The molecule has 0 radical (unpaired) electrons. The molecular formula is C22H22N8O9. The first-order chi connectivity index (χ1) is 18.8. The van der Waals surface area contributed by atoms with Gasteiger partial charge < -0.3 is 14.4 Å². The molecule has 2 aromatic heterocycles. The molecule has 0 saturated carbocycles. The molecule has 4 rings (SSSR count). The second-order valence-corrected chi connectivity index (χ2v) is 8.13. The van der Waals surface area contributed by atoms with Gasteiger partial charge in [-0.2, -0.15) is 20.9 Å². The van der Waals surface area contributed by atoms with E-state index in [1.54, 1.807) is 0 Å². The van der Waals surface area contributed by atoms with Crippen LogP contribution in [0.15, 0.2) is 19.6 Å². The van der Waals surface area contributed by atoms with E-state index in [0.29, 0.717) is 24.0 Å². The van der Waals surface area contributed by atoms with Crippen LogP contribution in [0.3, 0.4) is 0 Å². The predicted octanol–water partition coefficient (Wildman–Crippen LogP) is -0.127. The number of H-pyrrole nitrogens is 2. The summed E-state index contributed by atoms with van der Waals surface area (Å²) in [6.07, 6.45) is 2.59. The maximum absolute atomic E-state index is 11.9. The van der Waals surface area contributed by atoms with Gasteiger partial charge in [-0.25, -0.2) is 19.6 Å². The Labute approximate surface area is 218 Å². The molecule has 17 nitrogen and oxygen atoms in total. The number of aromatic nitrogens is 4. The zero-order chi connectivity index (χ0) is 27.8. The molecule has 0 aromatic carbocycles. The number of ether oxygens (including phenoxy) is 1. The van der Waals surface area contributed by atoms with Gasteiger partial charge in [0.25, 0.3) is 11.1 Å². The summed E-state index contributed by atoms with van der Waals surface area (Å²) in [7, 11) is 0. The molecule has 4 heterocycles. The second-order valence-electron chi connectivity index (χ2n) is 8.13. The van der Waals surface area contributed by atoms with E-state index in [9.17, 15) is 28.8 Å². The van der Waals surface area contributed by atoms with Gasteiger partial charge in [0, 0.05) is 38.1 Å². The first-order valence-electron chi connectivity index (χ1n) is 11.7. The van der Waals surface area contributed by atoms with Crippen molar-refractivity contribution < 1.29 is 33.6 Å². The fraction of sp³-hybridized carbons (Fsp3) is 0.364. The third kappa shape index (κ3) is 7.40. The van der Waals surface area contributed by atoms with E-state index in [1.807, 2.05) is 0 Å². The van der Waals surface area contributed by atoms with Gasteiger partial charge in [0.1, 0.15) is 5.78 Å². The summed E-state index contributed by atoms with van der Waals surface area (Å²) in [5.74, 6) is -2.44. The maximum Gasteiger partial charge on any atom is 0.332 e. The number of hydrogen-bond donors (Lipinski definition) is 4. The first-order valence-corrected chi connectivity index (χ1v) is 11.7. The van der Waals surface area contributed by atoms with Crippen molar-refractivity contribution in [2.24, 2.45) is 9.98 Å². The number of esters is 1. The Morgan fingerprint density at radius 3 is 1.74 bits per heavy atom. The van der Waals surface area contributed by atoms with Crippen LogP contribution in [0.25, 0.3) is 0 Å². The van der Waals surface area contributed by atoms with Gasteiger partial charge in [-0.1, -0.05) is 0 Å². The zero-order valence-corrected chi connectivity index (χ0v) is 20.3. The molecule has 204 valence electrons. The number of anilines is 2. The van der Waals surface area contributed by atoms with Gasteiger partial charge in [0.05, 0.1) is 37.0 Å². The van der Waals surface area contributed by atoms with Gasteiger partial charge in [0.15, 0.2) is 11.6 Å². The lowest BCUT2D eigenvalue weighted by molar-refractivity contribution is -0.149. The summed E-state index contributed by atoms with van der Waals surface area (Å²) < 4.78 is 4.91. The Balaban J connectivity index is 1.06. The average Bonchev–Trinajstić information content (AvgIpc) is 3.58. The summed E-state index contributed by atoms with van der Waals surface area (Å²) >= 11 is 0. The molecule has 0 atom stereocenters. The van der Waals surface area contributed by atoms with Crippen LogP contribution < -0.4 is 22.1 Å². The van der Waals surface area contributed by atoms with Crippen molar-refractivity contribution in [2.45, 2.75) is 44.9 Å². The van der Waals surface area contributed by atoms with E-state index in [4.69, 9.17) is 14.4 Å². The van der Waals surface area contributed by atoms with Crippen molar-refractivity contribution in [1.82, 2.24) is 19.9 Å². The molecule has 0 aliphatic carbocycles. The summed E-state index contributed by atoms with van der Waals surface area (Å²) in [4.78, 5) is 101. The molecular weight excluding hydrogens is 520 g/mol. The number of hydrogen-bond acceptors (Lipinski definition) is 15. The topological polar surface area (TPSA) is 236 Å². The van der Waals surface area contributed by atoms with Crippen LogP contribution in [0, 0.1) is 0 Å². The zero-order valence-electron chi connectivity index (χ0n) is 20.3. The van der Waals surface area contributed by atoms with Gasteiger partial charge in [-0.3, -0.25) is 29.1 Å². The molecule has 0 bridgehead atoms. The number of ketones is 1. The molecule has 0 saturated heterocycles. The molecule has 2 aliphatic heterocycles. The van der Waals surface area contributed by atoms with Crippen molar-refractivity contribution >= 4 is 59.7 Å². The van der Waals surface area contributed by atoms with Crippen molar-refractivity contribution in [3.63, 3.8) is 0 Å².